The highest BCUT2D eigenvalue weighted by atomic mass is 35.5. The summed E-state index contributed by atoms with van der Waals surface area (Å²) in [5.41, 5.74) is 4.12. The Morgan fingerprint density at radius 3 is 2.54 bits per heavy atom. The highest BCUT2D eigenvalue weighted by Gasteiger charge is 2.45. The molecular weight excluding hydrogens is 348 g/mol. The number of hydrogen-bond acceptors (Lipinski definition) is 2. The molecule has 2 aliphatic heterocycles. The SMILES string of the molecule is O=C1NC(=O)[C@H](c2cn3c4c(cccc24)CCC3)[C@H]1c1ccccc1Cl. The minimum absolute atomic E-state index is 0.247. The first-order valence-electron chi connectivity index (χ1n) is 8.85. The number of para-hydroxylation sites is 1. The summed E-state index contributed by atoms with van der Waals surface area (Å²) in [6.07, 6.45) is 4.19. The fraction of sp³-hybridized carbons (Fsp3) is 0.238. The van der Waals surface area contributed by atoms with Gasteiger partial charge in [-0.25, -0.2) is 0 Å². The molecule has 130 valence electrons. The monoisotopic (exact) mass is 364 g/mol. The number of nitrogens with one attached hydrogen (secondary N) is 1. The summed E-state index contributed by atoms with van der Waals surface area (Å²) in [7, 11) is 0. The Balaban J connectivity index is 1.73. The van der Waals surface area contributed by atoms with Crippen LogP contribution < -0.4 is 5.32 Å². The van der Waals surface area contributed by atoms with Crippen LogP contribution in [0.2, 0.25) is 5.02 Å². The molecule has 5 heteroatoms. The van der Waals surface area contributed by atoms with E-state index in [9.17, 15) is 9.59 Å². The number of rotatable bonds is 2. The molecule has 2 atom stereocenters. The zero-order chi connectivity index (χ0) is 17.8. The molecule has 2 aliphatic rings. The number of imide groups is 1. The lowest BCUT2D eigenvalue weighted by Gasteiger charge is -2.16. The Hall–Kier alpha value is -2.59. The summed E-state index contributed by atoms with van der Waals surface area (Å²) >= 11 is 6.36. The molecule has 1 fully saturated rings. The van der Waals surface area contributed by atoms with Gasteiger partial charge in [-0.2, -0.15) is 0 Å². The summed E-state index contributed by atoms with van der Waals surface area (Å²) < 4.78 is 2.23. The van der Waals surface area contributed by atoms with E-state index >= 15 is 0 Å². The fourth-order valence-corrected chi connectivity index (χ4v) is 4.73. The number of hydrogen-bond donors (Lipinski definition) is 1. The first kappa shape index (κ1) is 15.6. The van der Waals surface area contributed by atoms with Crippen LogP contribution in [-0.2, 0) is 22.6 Å². The number of amides is 2. The van der Waals surface area contributed by atoms with Crippen LogP contribution in [0.25, 0.3) is 10.9 Å². The first-order valence-corrected chi connectivity index (χ1v) is 9.22. The summed E-state index contributed by atoms with van der Waals surface area (Å²) in [5.74, 6) is -1.68. The zero-order valence-electron chi connectivity index (χ0n) is 14.0. The number of benzene rings is 2. The molecule has 0 aliphatic carbocycles. The van der Waals surface area contributed by atoms with Crippen LogP contribution in [-0.4, -0.2) is 16.4 Å². The quantitative estimate of drug-likeness (QED) is 0.704. The maximum atomic E-state index is 12.7. The Kier molecular flexibility index (Phi) is 3.44. The van der Waals surface area contributed by atoms with Gasteiger partial charge < -0.3 is 4.57 Å². The van der Waals surface area contributed by atoms with E-state index in [1.165, 1.54) is 11.1 Å². The molecule has 4 nitrogen and oxygen atoms in total. The molecule has 0 radical (unpaired) electrons. The van der Waals surface area contributed by atoms with E-state index in [1.54, 1.807) is 6.07 Å². The minimum atomic E-state index is -0.598. The number of halogens is 1. The smallest absolute Gasteiger partial charge is 0.235 e. The van der Waals surface area contributed by atoms with E-state index in [0.717, 1.165) is 30.3 Å². The van der Waals surface area contributed by atoms with Crippen LogP contribution in [0.1, 0.15) is 34.9 Å². The Bertz CT molecular complexity index is 1070. The second kappa shape index (κ2) is 5.71. The zero-order valence-corrected chi connectivity index (χ0v) is 14.8. The largest absolute Gasteiger partial charge is 0.347 e. The van der Waals surface area contributed by atoms with Crippen LogP contribution in [0.15, 0.2) is 48.7 Å². The van der Waals surface area contributed by atoms with Crippen molar-refractivity contribution in [2.45, 2.75) is 31.2 Å². The van der Waals surface area contributed by atoms with Gasteiger partial charge in [-0.3, -0.25) is 14.9 Å². The first-order chi connectivity index (χ1) is 12.6. The lowest BCUT2D eigenvalue weighted by molar-refractivity contribution is -0.125. The van der Waals surface area contributed by atoms with E-state index < -0.39 is 11.8 Å². The molecule has 2 aromatic carbocycles. The molecule has 5 rings (SSSR count). The summed E-state index contributed by atoms with van der Waals surface area (Å²) in [6.45, 7) is 0.937. The van der Waals surface area contributed by atoms with E-state index in [0.29, 0.717) is 10.6 Å². The van der Waals surface area contributed by atoms with Crippen LogP contribution >= 0.6 is 11.6 Å². The minimum Gasteiger partial charge on any atom is -0.347 e. The van der Waals surface area contributed by atoms with E-state index in [1.807, 2.05) is 24.3 Å². The van der Waals surface area contributed by atoms with Crippen LogP contribution in [0.5, 0.6) is 0 Å². The molecule has 2 amide bonds. The molecule has 26 heavy (non-hydrogen) atoms. The molecule has 3 heterocycles. The van der Waals surface area contributed by atoms with Crippen molar-refractivity contribution in [2.24, 2.45) is 0 Å². The second-order valence-electron chi connectivity index (χ2n) is 7.03. The lowest BCUT2D eigenvalue weighted by atomic mass is 9.83. The molecule has 0 spiro atoms. The average molecular weight is 365 g/mol. The van der Waals surface area contributed by atoms with Gasteiger partial charge in [-0.05, 0) is 35.6 Å². The van der Waals surface area contributed by atoms with Crippen molar-refractivity contribution in [3.8, 4) is 0 Å². The molecule has 1 N–H and O–H groups in total. The maximum Gasteiger partial charge on any atom is 0.235 e. The van der Waals surface area contributed by atoms with Gasteiger partial charge >= 0.3 is 0 Å². The van der Waals surface area contributed by atoms with Gasteiger partial charge in [-0.1, -0.05) is 48.0 Å². The lowest BCUT2D eigenvalue weighted by Crippen LogP contribution is -2.21. The normalized spacial score (nSPS) is 22.0. The second-order valence-corrected chi connectivity index (χ2v) is 7.43. The predicted molar refractivity (Wildman–Crippen MR) is 100 cm³/mol. The van der Waals surface area contributed by atoms with Crippen LogP contribution in [0.4, 0.5) is 0 Å². The molecule has 0 bridgehead atoms. The third kappa shape index (κ3) is 2.15. The van der Waals surface area contributed by atoms with Crippen molar-refractivity contribution < 1.29 is 9.59 Å². The van der Waals surface area contributed by atoms with E-state index in [2.05, 4.69) is 28.2 Å². The number of aryl methyl sites for hydroxylation is 2. The van der Waals surface area contributed by atoms with Gasteiger partial charge in [0, 0.05) is 23.2 Å². The number of aromatic nitrogens is 1. The molecule has 0 unspecified atom stereocenters. The summed E-state index contributed by atoms with van der Waals surface area (Å²) in [6, 6.07) is 13.5. The van der Waals surface area contributed by atoms with Gasteiger partial charge in [0.25, 0.3) is 0 Å². The molecule has 0 saturated carbocycles. The Morgan fingerprint density at radius 2 is 1.73 bits per heavy atom. The van der Waals surface area contributed by atoms with Crippen LogP contribution in [0.3, 0.4) is 0 Å². The van der Waals surface area contributed by atoms with Crippen LogP contribution in [0, 0.1) is 0 Å². The van der Waals surface area contributed by atoms with E-state index in [4.69, 9.17) is 11.6 Å². The van der Waals surface area contributed by atoms with Crippen molar-refractivity contribution in [3.05, 3.63) is 70.4 Å². The predicted octanol–water partition coefficient (Wildman–Crippen LogP) is 3.76. The summed E-state index contributed by atoms with van der Waals surface area (Å²) in [5, 5.41) is 4.10. The van der Waals surface area contributed by atoms with Crippen molar-refractivity contribution in [1.29, 1.82) is 0 Å². The van der Waals surface area contributed by atoms with Crippen molar-refractivity contribution in [2.75, 3.05) is 0 Å². The molecule has 1 aromatic heterocycles. The fourth-order valence-electron chi connectivity index (χ4n) is 4.48. The third-order valence-corrected chi connectivity index (χ3v) is 5.92. The third-order valence-electron chi connectivity index (χ3n) is 5.58. The van der Waals surface area contributed by atoms with Crippen molar-refractivity contribution in [1.82, 2.24) is 9.88 Å². The highest BCUT2D eigenvalue weighted by Crippen LogP contribution is 2.44. The Morgan fingerprint density at radius 1 is 0.962 bits per heavy atom. The van der Waals surface area contributed by atoms with Gasteiger partial charge in [-0.15, -0.1) is 0 Å². The molecular formula is C21H17ClN2O2. The maximum absolute atomic E-state index is 12.7. The standard InChI is InChI=1S/C21H17ClN2O2/c22-16-9-2-1-7-14(16)17-18(21(26)23-20(17)25)15-11-24-10-4-6-12-5-3-8-13(15)19(12)24/h1-3,5,7-9,11,17-18H,4,6,10H2,(H,23,25,26)/t17-,18-/m1/s1. The molecule has 3 aromatic rings. The molecule has 1 saturated heterocycles. The van der Waals surface area contributed by atoms with Crippen molar-refractivity contribution >= 4 is 34.3 Å². The van der Waals surface area contributed by atoms with E-state index in [-0.39, 0.29) is 11.8 Å². The average Bonchev–Trinajstić information content (AvgIpc) is 3.14. The van der Waals surface area contributed by atoms with Crippen molar-refractivity contribution in [3.63, 3.8) is 0 Å². The van der Waals surface area contributed by atoms with Gasteiger partial charge in [0.1, 0.15) is 0 Å². The highest BCUT2D eigenvalue weighted by molar-refractivity contribution is 6.32. The van der Waals surface area contributed by atoms with Gasteiger partial charge in [0.05, 0.1) is 17.4 Å². The number of carbonyl (C=O) groups is 2. The van der Waals surface area contributed by atoms with Gasteiger partial charge in [0.2, 0.25) is 11.8 Å². The van der Waals surface area contributed by atoms with Gasteiger partial charge in [0.15, 0.2) is 0 Å². The Labute approximate surface area is 155 Å². The summed E-state index contributed by atoms with van der Waals surface area (Å²) in [4.78, 5) is 25.4. The number of carbonyl (C=O) groups excluding carboxylic acids is 2. The number of nitrogens with zero attached hydrogens (tertiary/aromatic N) is 1. The topological polar surface area (TPSA) is 51.1 Å².